The van der Waals surface area contributed by atoms with Gasteiger partial charge in [0.2, 0.25) is 5.91 Å². The number of carbonyl (C=O) groups excluding carboxylic acids is 2. The maximum Gasteiger partial charge on any atom is 0.268 e. The number of hydrogen-bond donors (Lipinski definition) is 1. The predicted molar refractivity (Wildman–Crippen MR) is 49.4 cm³/mol. The third kappa shape index (κ3) is 2.32. The predicted octanol–water partition coefficient (Wildman–Crippen LogP) is -0.930. The molecule has 0 aliphatic carbocycles. The summed E-state index contributed by atoms with van der Waals surface area (Å²) in [5, 5.41) is 0. The molecule has 0 radical (unpaired) electrons. The van der Waals surface area contributed by atoms with Crippen LogP contribution in [-0.2, 0) is 11.3 Å². The first-order valence-electron chi connectivity index (χ1n) is 4.02. The lowest BCUT2D eigenvalue weighted by atomic mass is 10.4. The molecule has 14 heavy (non-hydrogen) atoms. The third-order valence-corrected chi connectivity index (χ3v) is 1.70. The van der Waals surface area contributed by atoms with E-state index < -0.39 is 5.91 Å². The SMILES string of the molecule is CN(C)C(=O)Cn1cnc(C(N)=O)c1. The minimum atomic E-state index is -0.596. The summed E-state index contributed by atoms with van der Waals surface area (Å²) in [5.74, 6) is -0.667. The summed E-state index contributed by atoms with van der Waals surface area (Å²) >= 11 is 0. The van der Waals surface area contributed by atoms with Gasteiger partial charge < -0.3 is 15.2 Å². The van der Waals surface area contributed by atoms with Crippen LogP contribution >= 0.6 is 0 Å². The van der Waals surface area contributed by atoms with Crippen LogP contribution in [0.2, 0.25) is 0 Å². The highest BCUT2D eigenvalue weighted by molar-refractivity contribution is 5.90. The first-order valence-corrected chi connectivity index (χ1v) is 4.02. The molecule has 0 aromatic carbocycles. The Hall–Kier alpha value is -1.85. The molecule has 0 bridgehead atoms. The molecular formula is C8H12N4O2. The lowest BCUT2D eigenvalue weighted by Crippen LogP contribution is -2.25. The van der Waals surface area contributed by atoms with Crippen molar-refractivity contribution in [3.05, 3.63) is 18.2 Å². The normalized spacial score (nSPS) is 9.86. The Bertz CT molecular complexity index is 356. The number of likely N-dealkylation sites (N-methyl/N-ethyl adjacent to an activating group) is 1. The fourth-order valence-electron chi connectivity index (χ4n) is 0.871. The van der Waals surface area contributed by atoms with Crippen molar-refractivity contribution in [1.82, 2.24) is 14.5 Å². The number of nitrogens with two attached hydrogens (primary N) is 1. The van der Waals surface area contributed by atoms with Gasteiger partial charge in [-0.25, -0.2) is 4.98 Å². The van der Waals surface area contributed by atoms with E-state index >= 15 is 0 Å². The molecule has 1 rings (SSSR count). The van der Waals surface area contributed by atoms with Crippen LogP contribution in [0.4, 0.5) is 0 Å². The van der Waals surface area contributed by atoms with Crippen LogP contribution in [0.15, 0.2) is 12.5 Å². The van der Waals surface area contributed by atoms with Gasteiger partial charge in [-0.1, -0.05) is 0 Å². The first-order chi connectivity index (χ1) is 6.50. The van der Waals surface area contributed by atoms with Crippen molar-refractivity contribution in [2.24, 2.45) is 5.73 Å². The molecule has 76 valence electrons. The van der Waals surface area contributed by atoms with Crippen molar-refractivity contribution in [1.29, 1.82) is 0 Å². The molecule has 1 aromatic heterocycles. The van der Waals surface area contributed by atoms with Crippen LogP contribution in [0.5, 0.6) is 0 Å². The van der Waals surface area contributed by atoms with Crippen molar-refractivity contribution in [3.63, 3.8) is 0 Å². The lowest BCUT2D eigenvalue weighted by Gasteiger charge is -2.09. The van der Waals surface area contributed by atoms with E-state index in [1.54, 1.807) is 14.1 Å². The standard InChI is InChI=1S/C8H12N4O2/c1-11(2)7(13)4-12-3-6(8(9)14)10-5-12/h3,5H,4H2,1-2H3,(H2,9,14). The average molecular weight is 196 g/mol. The summed E-state index contributed by atoms with van der Waals surface area (Å²) in [6.07, 6.45) is 2.85. The Morgan fingerprint density at radius 2 is 2.21 bits per heavy atom. The molecule has 1 aromatic rings. The maximum absolute atomic E-state index is 11.3. The second kappa shape index (κ2) is 3.91. The zero-order valence-corrected chi connectivity index (χ0v) is 8.10. The van der Waals surface area contributed by atoms with Gasteiger partial charge in [0, 0.05) is 20.3 Å². The number of carbonyl (C=O) groups is 2. The number of rotatable bonds is 3. The van der Waals surface area contributed by atoms with E-state index in [0.29, 0.717) is 0 Å². The van der Waals surface area contributed by atoms with E-state index in [1.807, 2.05) is 0 Å². The molecule has 0 aliphatic heterocycles. The van der Waals surface area contributed by atoms with E-state index in [2.05, 4.69) is 4.98 Å². The van der Waals surface area contributed by atoms with Gasteiger partial charge in [-0.15, -0.1) is 0 Å². The topological polar surface area (TPSA) is 81.2 Å². The summed E-state index contributed by atoms with van der Waals surface area (Å²) in [5.41, 5.74) is 5.17. The largest absolute Gasteiger partial charge is 0.364 e. The molecule has 0 unspecified atom stereocenters. The summed E-state index contributed by atoms with van der Waals surface area (Å²) < 4.78 is 1.52. The summed E-state index contributed by atoms with van der Waals surface area (Å²) in [6, 6.07) is 0. The Morgan fingerprint density at radius 1 is 1.57 bits per heavy atom. The second-order valence-corrected chi connectivity index (χ2v) is 3.08. The van der Waals surface area contributed by atoms with Crippen LogP contribution in [0.25, 0.3) is 0 Å². The van der Waals surface area contributed by atoms with Gasteiger partial charge in [0.05, 0.1) is 6.33 Å². The third-order valence-electron chi connectivity index (χ3n) is 1.70. The Labute approximate surface area is 81.3 Å². The highest BCUT2D eigenvalue weighted by Crippen LogP contribution is 1.95. The minimum absolute atomic E-state index is 0.0709. The van der Waals surface area contributed by atoms with Crippen LogP contribution in [0.1, 0.15) is 10.5 Å². The monoisotopic (exact) mass is 196 g/mol. The van der Waals surface area contributed by atoms with Gasteiger partial charge in [0.25, 0.3) is 5.91 Å². The first kappa shape index (κ1) is 10.2. The molecule has 0 atom stereocenters. The summed E-state index contributed by atoms with van der Waals surface area (Å²) in [6.45, 7) is 0.160. The van der Waals surface area contributed by atoms with Crippen LogP contribution in [-0.4, -0.2) is 40.4 Å². The number of aromatic nitrogens is 2. The number of nitrogens with zero attached hydrogens (tertiary/aromatic N) is 3. The number of imidazole rings is 1. The van der Waals surface area contributed by atoms with Gasteiger partial charge >= 0.3 is 0 Å². The average Bonchev–Trinajstić information content (AvgIpc) is 2.52. The molecule has 6 nitrogen and oxygen atoms in total. The van der Waals surface area contributed by atoms with E-state index in [9.17, 15) is 9.59 Å². The zero-order chi connectivity index (χ0) is 10.7. The van der Waals surface area contributed by atoms with Crippen LogP contribution < -0.4 is 5.73 Å². The highest BCUT2D eigenvalue weighted by Gasteiger charge is 2.08. The molecule has 0 spiro atoms. The molecule has 2 N–H and O–H groups in total. The zero-order valence-electron chi connectivity index (χ0n) is 8.10. The van der Waals surface area contributed by atoms with E-state index in [-0.39, 0.29) is 18.1 Å². The maximum atomic E-state index is 11.3. The van der Waals surface area contributed by atoms with Crippen molar-refractivity contribution in [2.45, 2.75) is 6.54 Å². The Morgan fingerprint density at radius 3 is 2.64 bits per heavy atom. The van der Waals surface area contributed by atoms with Crippen molar-refractivity contribution < 1.29 is 9.59 Å². The Balaban J connectivity index is 2.69. The summed E-state index contributed by atoms with van der Waals surface area (Å²) in [7, 11) is 3.32. The van der Waals surface area contributed by atoms with Gasteiger partial charge in [-0.3, -0.25) is 9.59 Å². The van der Waals surface area contributed by atoms with Crippen molar-refractivity contribution in [2.75, 3.05) is 14.1 Å². The highest BCUT2D eigenvalue weighted by atomic mass is 16.2. The van der Waals surface area contributed by atoms with E-state index in [1.165, 1.54) is 22.0 Å². The number of hydrogen-bond acceptors (Lipinski definition) is 3. The van der Waals surface area contributed by atoms with Gasteiger partial charge in [-0.2, -0.15) is 0 Å². The quantitative estimate of drug-likeness (QED) is 0.678. The molecule has 0 saturated carbocycles. The fraction of sp³-hybridized carbons (Fsp3) is 0.375. The Kier molecular flexibility index (Phi) is 2.85. The molecule has 0 saturated heterocycles. The number of amides is 2. The molecule has 2 amide bonds. The lowest BCUT2D eigenvalue weighted by molar-refractivity contribution is -0.129. The molecule has 0 aliphatic rings. The van der Waals surface area contributed by atoms with Crippen molar-refractivity contribution >= 4 is 11.8 Å². The van der Waals surface area contributed by atoms with E-state index in [0.717, 1.165) is 0 Å². The molecular weight excluding hydrogens is 184 g/mol. The fourth-order valence-corrected chi connectivity index (χ4v) is 0.871. The van der Waals surface area contributed by atoms with Crippen LogP contribution in [0.3, 0.4) is 0 Å². The van der Waals surface area contributed by atoms with Crippen LogP contribution in [0, 0.1) is 0 Å². The minimum Gasteiger partial charge on any atom is -0.364 e. The van der Waals surface area contributed by atoms with Gasteiger partial charge in [0.15, 0.2) is 0 Å². The molecule has 0 fully saturated rings. The van der Waals surface area contributed by atoms with Gasteiger partial charge in [-0.05, 0) is 0 Å². The smallest absolute Gasteiger partial charge is 0.268 e. The van der Waals surface area contributed by atoms with Gasteiger partial charge in [0.1, 0.15) is 12.2 Å². The molecule has 1 heterocycles. The van der Waals surface area contributed by atoms with Crippen molar-refractivity contribution in [3.8, 4) is 0 Å². The molecule has 6 heteroatoms. The number of primary amides is 1. The summed E-state index contributed by atoms with van der Waals surface area (Å²) in [4.78, 5) is 27.1. The second-order valence-electron chi connectivity index (χ2n) is 3.08. The van der Waals surface area contributed by atoms with E-state index in [4.69, 9.17) is 5.73 Å².